The molecule has 2 saturated heterocycles. The summed E-state index contributed by atoms with van der Waals surface area (Å²) in [5, 5.41) is 5.78. The number of fused-ring (bicyclic) bond motifs is 3. The first-order chi connectivity index (χ1) is 23.7. The quantitative estimate of drug-likeness (QED) is 0.313. The fraction of sp³-hybridized carbons (Fsp3) is 0.676. The maximum atomic E-state index is 14.8. The lowest BCUT2D eigenvalue weighted by Gasteiger charge is -2.59. The van der Waals surface area contributed by atoms with Gasteiger partial charge in [0.2, 0.25) is 23.5 Å². The summed E-state index contributed by atoms with van der Waals surface area (Å²) in [6.45, 7) is 0.438. The summed E-state index contributed by atoms with van der Waals surface area (Å²) in [6.07, 6.45) is 6.22. The van der Waals surface area contributed by atoms with E-state index in [-0.39, 0.29) is 41.0 Å². The lowest BCUT2D eigenvalue weighted by molar-refractivity contribution is -0.152. The van der Waals surface area contributed by atoms with Crippen LogP contribution in [-0.2, 0) is 24.4 Å². The van der Waals surface area contributed by atoms with Crippen molar-refractivity contribution in [1.82, 2.24) is 25.2 Å². The number of nitrogens with zero attached hydrogens (tertiary/aromatic N) is 2. The van der Waals surface area contributed by atoms with Crippen molar-refractivity contribution in [3.8, 4) is 0 Å². The van der Waals surface area contributed by atoms with Crippen molar-refractivity contribution in [3.05, 3.63) is 29.3 Å². The lowest BCUT2D eigenvalue weighted by atomic mass is 9.47. The number of alkyl halides is 3. The van der Waals surface area contributed by atoms with E-state index in [1.54, 1.807) is 12.1 Å². The average Bonchev–Trinajstić information content (AvgIpc) is 3.86. The number of hydrogen-bond acceptors (Lipinski definition) is 8. The minimum Gasteiger partial charge on any atom is -0.356 e. The van der Waals surface area contributed by atoms with Crippen LogP contribution in [0.15, 0.2) is 24.3 Å². The molecule has 270 valence electrons. The molecule has 5 aliphatic carbocycles. The second kappa shape index (κ2) is 12.2. The molecule has 0 spiro atoms. The number of carbonyl (C=O) groups excluding carboxylic acids is 4. The van der Waals surface area contributed by atoms with E-state index in [9.17, 15) is 40.8 Å². The fourth-order valence-corrected chi connectivity index (χ4v) is 12.5. The van der Waals surface area contributed by atoms with Crippen LogP contribution >= 0.6 is 11.3 Å². The van der Waals surface area contributed by atoms with Crippen LogP contribution in [0.3, 0.4) is 0 Å². The summed E-state index contributed by atoms with van der Waals surface area (Å²) < 4.78 is 69.7. The Hall–Kier alpha value is -3.11. The molecule has 7 fully saturated rings. The minimum atomic E-state index is -5.89. The van der Waals surface area contributed by atoms with Crippen molar-refractivity contribution < 1.29 is 40.8 Å². The van der Waals surface area contributed by atoms with Crippen molar-refractivity contribution in [2.45, 2.75) is 100 Å². The van der Waals surface area contributed by atoms with Crippen LogP contribution < -0.4 is 15.4 Å². The molecule has 2 aliphatic heterocycles. The smallest absolute Gasteiger partial charge is 0.356 e. The molecule has 3 heterocycles. The standard InChI is InChI=1S/C34H40F3N5O6S2/c35-34(36,37)50(47,48)41-28(33-14-17-9-18(15-33)11-19(10-17)16-33)32(46)42-22-6-5-20(12-22)26(42)30(45)39-24(13-21-7-8-38-29(21)44)27(43)31-40-23-3-1-2-4-25(23)49-31/h1-4,17-22,24,26,28,41H,5-16H2,(H,38,44)(H,39,45)/t17?,18?,19?,20-,21-,22+,24-,26-,28+,33?/m0/s1. The second-order valence-corrected chi connectivity index (χ2v) is 18.4. The first-order valence-electron chi connectivity index (χ1n) is 17.6. The van der Waals surface area contributed by atoms with Crippen LogP contribution in [-0.4, -0.2) is 78.0 Å². The van der Waals surface area contributed by atoms with Gasteiger partial charge < -0.3 is 15.5 Å². The molecule has 6 bridgehead atoms. The SMILES string of the molecule is O=C1NCC[C@H]1C[C@H](NC(=O)[C@@H]1[C@H]2CC[C@H](C2)N1C(=O)[C@@H](NS(=O)(=O)C(F)(F)F)C12CC3CC(CC(C3)C1)C2)C(=O)c1nc2ccccc2s1. The van der Waals surface area contributed by atoms with Crippen molar-refractivity contribution in [2.75, 3.05) is 6.54 Å². The molecule has 16 heteroatoms. The van der Waals surface area contributed by atoms with Crippen molar-refractivity contribution in [3.63, 3.8) is 0 Å². The van der Waals surface area contributed by atoms with Gasteiger partial charge in [-0.1, -0.05) is 12.1 Å². The molecule has 3 N–H and O–H groups in total. The molecule has 1 aromatic heterocycles. The third kappa shape index (κ3) is 5.82. The molecule has 3 amide bonds. The number of para-hydroxylation sites is 1. The van der Waals surface area contributed by atoms with Crippen molar-refractivity contribution in [2.24, 2.45) is 35.0 Å². The van der Waals surface area contributed by atoms with E-state index in [4.69, 9.17) is 0 Å². The molecule has 5 saturated carbocycles. The van der Waals surface area contributed by atoms with Gasteiger partial charge in [-0.25, -0.2) is 13.4 Å². The predicted molar refractivity (Wildman–Crippen MR) is 176 cm³/mol. The Labute approximate surface area is 291 Å². The third-order valence-corrected chi connectivity index (χ3v) is 14.7. The van der Waals surface area contributed by atoms with Crippen LogP contribution in [0.5, 0.6) is 0 Å². The normalized spacial score (nSPS) is 34.3. The van der Waals surface area contributed by atoms with Crippen LogP contribution in [0.1, 0.15) is 80.4 Å². The van der Waals surface area contributed by atoms with Gasteiger partial charge in [0.25, 0.3) is 0 Å². The molecule has 9 rings (SSSR count). The Balaban J connectivity index is 1.11. The summed E-state index contributed by atoms with van der Waals surface area (Å²) in [4.78, 5) is 61.5. The molecule has 11 nitrogen and oxygen atoms in total. The van der Waals surface area contributed by atoms with E-state index in [0.29, 0.717) is 57.0 Å². The van der Waals surface area contributed by atoms with E-state index >= 15 is 0 Å². The summed E-state index contributed by atoms with van der Waals surface area (Å²) in [6, 6.07) is 2.86. The maximum absolute atomic E-state index is 14.8. The topological polar surface area (TPSA) is 155 Å². The number of amides is 3. The number of carbonyl (C=O) groups is 4. The number of nitrogens with one attached hydrogen (secondary N) is 3. The summed E-state index contributed by atoms with van der Waals surface area (Å²) in [5.74, 6) is -2.34. The maximum Gasteiger partial charge on any atom is 0.511 e. The van der Waals surface area contributed by atoms with E-state index in [2.05, 4.69) is 15.6 Å². The number of halogens is 3. The molecule has 1 aromatic carbocycles. The number of benzene rings is 1. The van der Waals surface area contributed by atoms with Crippen LogP contribution in [0.4, 0.5) is 13.2 Å². The molecule has 7 aliphatic rings. The zero-order valence-corrected chi connectivity index (χ0v) is 28.9. The summed E-state index contributed by atoms with van der Waals surface area (Å²) >= 11 is 1.17. The molecule has 50 heavy (non-hydrogen) atoms. The van der Waals surface area contributed by atoms with Crippen LogP contribution in [0.2, 0.25) is 0 Å². The Bertz CT molecular complexity index is 1780. The van der Waals surface area contributed by atoms with Gasteiger partial charge in [-0.05, 0) is 112 Å². The number of hydrogen-bond donors (Lipinski definition) is 3. The van der Waals surface area contributed by atoms with Crippen molar-refractivity contribution in [1.29, 1.82) is 0 Å². The van der Waals surface area contributed by atoms with Gasteiger partial charge in [0.1, 0.15) is 12.1 Å². The molecular formula is C34H40F3N5O6S2. The number of piperidine rings is 1. The summed E-state index contributed by atoms with van der Waals surface area (Å²) in [5.41, 5.74) is -5.98. The Morgan fingerprint density at radius 3 is 2.32 bits per heavy atom. The van der Waals surface area contributed by atoms with Crippen molar-refractivity contribution >= 4 is 55.1 Å². The number of sulfonamides is 1. The number of rotatable bonds is 10. The number of likely N-dealkylation sites (tertiary alicyclic amines) is 1. The molecule has 6 atom stereocenters. The monoisotopic (exact) mass is 735 g/mol. The highest BCUT2D eigenvalue weighted by Crippen LogP contribution is 2.62. The van der Waals surface area contributed by atoms with Gasteiger partial charge in [-0.15, -0.1) is 11.3 Å². The third-order valence-electron chi connectivity index (χ3n) is 12.5. The Morgan fingerprint density at radius 2 is 1.70 bits per heavy atom. The summed E-state index contributed by atoms with van der Waals surface area (Å²) in [7, 11) is -5.89. The number of Topliss-reactive ketones (excluding diaryl/α,β-unsaturated/α-hetero) is 1. The molecule has 0 unspecified atom stereocenters. The van der Waals surface area contributed by atoms with Gasteiger partial charge >= 0.3 is 15.5 Å². The average molecular weight is 736 g/mol. The zero-order chi connectivity index (χ0) is 35.2. The molecule has 2 aromatic rings. The van der Waals surface area contributed by atoms with E-state index in [1.165, 1.54) is 16.2 Å². The minimum absolute atomic E-state index is 0.0162. The lowest BCUT2D eigenvalue weighted by Crippen LogP contribution is -2.66. The van der Waals surface area contributed by atoms with Gasteiger partial charge in [0.15, 0.2) is 5.01 Å². The fourth-order valence-electron chi connectivity index (χ4n) is 10.8. The Morgan fingerprint density at radius 1 is 1.02 bits per heavy atom. The number of ketones is 1. The first kappa shape index (κ1) is 34.0. The van der Waals surface area contributed by atoms with Gasteiger partial charge in [-0.3, -0.25) is 19.2 Å². The van der Waals surface area contributed by atoms with E-state index in [1.807, 2.05) is 16.9 Å². The number of aromatic nitrogens is 1. The molecular weight excluding hydrogens is 696 g/mol. The zero-order valence-electron chi connectivity index (χ0n) is 27.3. The predicted octanol–water partition coefficient (Wildman–Crippen LogP) is 3.89. The highest BCUT2D eigenvalue weighted by atomic mass is 32.2. The van der Waals surface area contributed by atoms with Gasteiger partial charge in [0, 0.05) is 18.5 Å². The second-order valence-electron chi connectivity index (χ2n) is 15.6. The van der Waals surface area contributed by atoms with Crippen LogP contribution in [0, 0.1) is 35.0 Å². The van der Waals surface area contributed by atoms with E-state index < -0.39 is 68.6 Å². The molecule has 0 radical (unpaired) electrons. The van der Waals surface area contributed by atoms with E-state index in [0.717, 1.165) is 24.0 Å². The Kier molecular flexibility index (Phi) is 8.33. The van der Waals surface area contributed by atoms with Gasteiger partial charge in [-0.2, -0.15) is 17.9 Å². The first-order valence-corrected chi connectivity index (χ1v) is 19.9. The number of thiazole rings is 1. The van der Waals surface area contributed by atoms with Crippen LogP contribution in [0.25, 0.3) is 10.2 Å². The largest absolute Gasteiger partial charge is 0.511 e. The highest BCUT2D eigenvalue weighted by Gasteiger charge is 2.62. The highest BCUT2D eigenvalue weighted by molar-refractivity contribution is 7.90. The van der Waals surface area contributed by atoms with Gasteiger partial charge in [0.05, 0.1) is 16.3 Å².